The predicted octanol–water partition coefficient (Wildman–Crippen LogP) is 2.09. The summed E-state index contributed by atoms with van der Waals surface area (Å²) in [4.78, 5) is 13.9. The van der Waals surface area contributed by atoms with Crippen molar-refractivity contribution in [3.05, 3.63) is 28.7 Å². The molecule has 104 valence electrons. The molecule has 1 saturated heterocycles. The van der Waals surface area contributed by atoms with E-state index in [2.05, 4.69) is 21.2 Å². The zero-order valence-corrected chi connectivity index (χ0v) is 12.6. The molecule has 0 bridgehead atoms. The van der Waals surface area contributed by atoms with Crippen molar-refractivity contribution < 1.29 is 9.90 Å². The molecule has 2 unspecified atom stereocenters. The SMILES string of the molecule is CC1CCN(CC(=O)Nc2cccc(Br)c2)CC1O. The van der Waals surface area contributed by atoms with Crippen LogP contribution >= 0.6 is 15.9 Å². The Bertz CT molecular complexity index is 453. The third-order valence-corrected chi connectivity index (χ3v) is 3.97. The van der Waals surface area contributed by atoms with Gasteiger partial charge in [0, 0.05) is 16.7 Å². The van der Waals surface area contributed by atoms with E-state index >= 15 is 0 Å². The molecule has 1 aromatic carbocycles. The zero-order chi connectivity index (χ0) is 13.8. The number of anilines is 1. The van der Waals surface area contributed by atoms with Gasteiger partial charge in [-0.15, -0.1) is 0 Å². The van der Waals surface area contributed by atoms with Crippen LogP contribution in [0.4, 0.5) is 5.69 Å². The first-order valence-corrected chi connectivity index (χ1v) is 7.30. The summed E-state index contributed by atoms with van der Waals surface area (Å²) in [6.45, 7) is 3.82. The largest absolute Gasteiger partial charge is 0.392 e. The van der Waals surface area contributed by atoms with Crippen LogP contribution < -0.4 is 5.32 Å². The van der Waals surface area contributed by atoms with Gasteiger partial charge in [0.2, 0.25) is 5.91 Å². The Balaban J connectivity index is 1.85. The zero-order valence-electron chi connectivity index (χ0n) is 11.0. The van der Waals surface area contributed by atoms with Crippen molar-refractivity contribution in [2.24, 2.45) is 5.92 Å². The Kier molecular flexibility index (Phi) is 4.96. The van der Waals surface area contributed by atoms with E-state index in [-0.39, 0.29) is 12.0 Å². The van der Waals surface area contributed by atoms with Crippen LogP contribution in [0, 0.1) is 5.92 Å². The van der Waals surface area contributed by atoms with Crippen LogP contribution in [-0.2, 0) is 4.79 Å². The van der Waals surface area contributed by atoms with Gasteiger partial charge in [-0.1, -0.05) is 28.9 Å². The maximum Gasteiger partial charge on any atom is 0.238 e. The van der Waals surface area contributed by atoms with Crippen molar-refractivity contribution in [1.29, 1.82) is 0 Å². The molecule has 0 aliphatic carbocycles. The van der Waals surface area contributed by atoms with Crippen LogP contribution in [0.5, 0.6) is 0 Å². The molecule has 1 aliphatic rings. The lowest BCUT2D eigenvalue weighted by Crippen LogP contribution is -2.45. The Hall–Kier alpha value is -0.910. The number of nitrogens with one attached hydrogen (secondary N) is 1. The summed E-state index contributed by atoms with van der Waals surface area (Å²) in [6, 6.07) is 7.52. The first kappa shape index (κ1) is 14.5. The van der Waals surface area contributed by atoms with Gasteiger partial charge in [-0.3, -0.25) is 9.69 Å². The average molecular weight is 327 g/mol. The van der Waals surface area contributed by atoms with Crippen LogP contribution in [0.25, 0.3) is 0 Å². The van der Waals surface area contributed by atoms with Crippen molar-refractivity contribution >= 4 is 27.5 Å². The summed E-state index contributed by atoms with van der Waals surface area (Å²) in [5, 5.41) is 12.7. The van der Waals surface area contributed by atoms with Gasteiger partial charge in [0.1, 0.15) is 0 Å². The molecule has 1 aromatic rings. The summed E-state index contributed by atoms with van der Waals surface area (Å²) >= 11 is 3.37. The lowest BCUT2D eigenvalue weighted by atomic mass is 9.96. The monoisotopic (exact) mass is 326 g/mol. The van der Waals surface area contributed by atoms with E-state index < -0.39 is 0 Å². The first-order valence-electron chi connectivity index (χ1n) is 6.50. The van der Waals surface area contributed by atoms with Gasteiger partial charge in [-0.05, 0) is 37.1 Å². The van der Waals surface area contributed by atoms with Crippen molar-refractivity contribution in [2.75, 3.05) is 25.0 Å². The highest BCUT2D eigenvalue weighted by Crippen LogP contribution is 2.18. The molecule has 2 N–H and O–H groups in total. The number of carbonyl (C=O) groups excluding carboxylic acids is 1. The van der Waals surface area contributed by atoms with E-state index in [1.165, 1.54) is 0 Å². The van der Waals surface area contributed by atoms with E-state index in [1.54, 1.807) is 0 Å². The molecule has 1 amide bonds. The number of halogens is 1. The maximum absolute atomic E-state index is 11.9. The van der Waals surface area contributed by atoms with Gasteiger partial charge in [-0.2, -0.15) is 0 Å². The van der Waals surface area contributed by atoms with Crippen molar-refractivity contribution in [3.8, 4) is 0 Å². The predicted molar refractivity (Wildman–Crippen MR) is 79.0 cm³/mol. The van der Waals surface area contributed by atoms with Gasteiger partial charge in [0.05, 0.1) is 12.6 Å². The molecule has 2 atom stereocenters. The number of amides is 1. The highest BCUT2D eigenvalue weighted by atomic mass is 79.9. The highest BCUT2D eigenvalue weighted by Gasteiger charge is 2.25. The molecule has 0 saturated carbocycles. The minimum absolute atomic E-state index is 0.0418. The number of aliphatic hydroxyl groups excluding tert-OH is 1. The van der Waals surface area contributed by atoms with Crippen LogP contribution in [0.1, 0.15) is 13.3 Å². The molecule has 2 rings (SSSR count). The van der Waals surface area contributed by atoms with Crippen molar-refractivity contribution in [3.63, 3.8) is 0 Å². The fourth-order valence-electron chi connectivity index (χ4n) is 2.23. The normalized spacial score (nSPS) is 24.2. The Morgan fingerprint density at radius 2 is 2.37 bits per heavy atom. The Morgan fingerprint density at radius 1 is 1.58 bits per heavy atom. The molecular weight excluding hydrogens is 308 g/mol. The summed E-state index contributed by atoms with van der Waals surface area (Å²) in [7, 11) is 0. The number of aliphatic hydroxyl groups is 1. The third kappa shape index (κ3) is 4.30. The molecule has 1 fully saturated rings. The number of β-amino-alcohol motifs (C(OH)–C–C–N with tert-alkyl or cyclic N) is 1. The minimum atomic E-state index is -0.326. The van der Waals surface area contributed by atoms with Gasteiger partial charge in [-0.25, -0.2) is 0 Å². The summed E-state index contributed by atoms with van der Waals surface area (Å²) in [5.41, 5.74) is 0.783. The lowest BCUT2D eigenvalue weighted by Gasteiger charge is -2.33. The molecule has 4 nitrogen and oxygen atoms in total. The van der Waals surface area contributed by atoms with Crippen LogP contribution in [-0.4, -0.2) is 41.7 Å². The quantitative estimate of drug-likeness (QED) is 0.894. The minimum Gasteiger partial charge on any atom is -0.392 e. The number of hydrogen-bond donors (Lipinski definition) is 2. The van der Waals surface area contributed by atoms with Gasteiger partial charge in [0.15, 0.2) is 0 Å². The second-order valence-corrected chi connectivity index (χ2v) is 6.04. The van der Waals surface area contributed by atoms with Gasteiger partial charge < -0.3 is 10.4 Å². The first-order chi connectivity index (χ1) is 9.04. The fraction of sp³-hybridized carbons (Fsp3) is 0.500. The van der Waals surface area contributed by atoms with Crippen molar-refractivity contribution in [1.82, 2.24) is 4.90 Å². The van der Waals surface area contributed by atoms with E-state index in [1.807, 2.05) is 36.1 Å². The van der Waals surface area contributed by atoms with Gasteiger partial charge >= 0.3 is 0 Å². The fourth-order valence-corrected chi connectivity index (χ4v) is 2.63. The summed E-state index contributed by atoms with van der Waals surface area (Å²) in [6.07, 6.45) is 0.609. The van der Waals surface area contributed by atoms with Crippen molar-refractivity contribution in [2.45, 2.75) is 19.4 Å². The molecule has 19 heavy (non-hydrogen) atoms. The number of carbonyl (C=O) groups is 1. The van der Waals surface area contributed by atoms with Crippen LogP contribution in [0.3, 0.4) is 0 Å². The van der Waals surface area contributed by atoms with E-state index in [9.17, 15) is 9.90 Å². The number of likely N-dealkylation sites (tertiary alicyclic amines) is 1. The molecular formula is C14H19BrN2O2. The number of hydrogen-bond acceptors (Lipinski definition) is 3. The van der Waals surface area contributed by atoms with E-state index in [0.29, 0.717) is 19.0 Å². The van der Waals surface area contributed by atoms with Gasteiger partial charge in [0.25, 0.3) is 0 Å². The van der Waals surface area contributed by atoms with Crippen LogP contribution in [0.2, 0.25) is 0 Å². The average Bonchev–Trinajstić information content (AvgIpc) is 2.34. The van der Waals surface area contributed by atoms with E-state index in [4.69, 9.17) is 0 Å². The maximum atomic E-state index is 11.9. The number of benzene rings is 1. The lowest BCUT2D eigenvalue weighted by molar-refractivity contribution is -0.118. The second-order valence-electron chi connectivity index (χ2n) is 5.13. The number of nitrogens with zero attached hydrogens (tertiary/aromatic N) is 1. The third-order valence-electron chi connectivity index (χ3n) is 3.48. The number of piperidine rings is 1. The molecule has 5 heteroatoms. The smallest absolute Gasteiger partial charge is 0.238 e. The molecule has 1 heterocycles. The Morgan fingerprint density at radius 3 is 3.05 bits per heavy atom. The van der Waals surface area contributed by atoms with E-state index in [0.717, 1.165) is 23.1 Å². The Labute approximate surface area is 121 Å². The molecule has 0 radical (unpaired) electrons. The summed E-state index contributed by atoms with van der Waals surface area (Å²) in [5.74, 6) is 0.282. The molecule has 0 aromatic heterocycles. The van der Waals surface area contributed by atoms with Crippen LogP contribution in [0.15, 0.2) is 28.7 Å². The highest BCUT2D eigenvalue weighted by molar-refractivity contribution is 9.10. The topological polar surface area (TPSA) is 52.6 Å². The second kappa shape index (κ2) is 6.50. The molecule has 1 aliphatic heterocycles. The molecule has 0 spiro atoms. The standard InChI is InChI=1S/C14H19BrN2O2/c1-10-5-6-17(8-13(10)18)9-14(19)16-12-4-2-3-11(15)7-12/h2-4,7,10,13,18H,5-6,8-9H2,1H3,(H,16,19). The summed E-state index contributed by atoms with van der Waals surface area (Å²) < 4.78 is 0.938. The number of rotatable bonds is 3.